The molecule has 0 unspecified atom stereocenters. The number of aryl methyl sites for hydroxylation is 2. The standard InChI is InChI=1S/C16H21NO3S/c1-6-19-16(18)15-13(17)12(8(2)3)14(21-15)11-7-9(4)20-10(11)5/h7-8H,6,17H2,1-5H3. The summed E-state index contributed by atoms with van der Waals surface area (Å²) in [6.07, 6.45) is 0. The largest absolute Gasteiger partial charge is 0.466 e. The van der Waals surface area contributed by atoms with Crippen molar-refractivity contribution in [1.82, 2.24) is 0 Å². The molecule has 0 atom stereocenters. The van der Waals surface area contributed by atoms with E-state index in [4.69, 9.17) is 14.9 Å². The molecule has 4 nitrogen and oxygen atoms in total. The van der Waals surface area contributed by atoms with E-state index in [1.54, 1.807) is 6.92 Å². The van der Waals surface area contributed by atoms with E-state index in [9.17, 15) is 4.79 Å². The highest BCUT2D eigenvalue weighted by molar-refractivity contribution is 7.18. The molecule has 2 heterocycles. The number of hydrogen-bond donors (Lipinski definition) is 1. The molecule has 2 aromatic heterocycles. The van der Waals surface area contributed by atoms with Crippen LogP contribution in [0.4, 0.5) is 5.69 Å². The van der Waals surface area contributed by atoms with Crippen molar-refractivity contribution in [2.24, 2.45) is 0 Å². The molecule has 0 aromatic carbocycles. The highest BCUT2D eigenvalue weighted by atomic mass is 32.1. The molecule has 0 spiro atoms. The van der Waals surface area contributed by atoms with E-state index < -0.39 is 0 Å². The van der Waals surface area contributed by atoms with Crippen molar-refractivity contribution >= 4 is 23.0 Å². The molecule has 0 aliphatic rings. The second-order valence-electron chi connectivity index (χ2n) is 5.29. The minimum atomic E-state index is -0.356. The number of esters is 1. The van der Waals surface area contributed by atoms with Crippen LogP contribution < -0.4 is 5.73 Å². The quantitative estimate of drug-likeness (QED) is 0.844. The van der Waals surface area contributed by atoms with Gasteiger partial charge >= 0.3 is 5.97 Å². The second kappa shape index (κ2) is 5.93. The van der Waals surface area contributed by atoms with E-state index in [2.05, 4.69) is 13.8 Å². The van der Waals surface area contributed by atoms with Crippen LogP contribution in [-0.4, -0.2) is 12.6 Å². The van der Waals surface area contributed by atoms with E-state index >= 15 is 0 Å². The molecule has 0 bridgehead atoms. The first-order valence-electron chi connectivity index (χ1n) is 7.03. The third-order valence-corrected chi connectivity index (χ3v) is 4.54. The second-order valence-corrected chi connectivity index (χ2v) is 6.31. The molecule has 5 heteroatoms. The molecular weight excluding hydrogens is 286 g/mol. The fourth-order valence-electron chi connectivity index (χ4n) is 2.43. The molecular formula is C16H21NO3S. The van der Waals surface area contributed by atoms with Crippen LogP contribution >= 0.6 is 11.3 Å². The van der Waals surface area contributed by atoms with Gasteiger partial charge in [-0.2, -0.15) is 0 Å². The number of furan rings is 1. The smallest absolute Gasteiger partial charge is 0.350 e. The average molecular weight is 307 g/mol. The van der Waals surface area contributed by atoms with Gasteiger partial charge in [-0.15, -0.1) is 11.3 Å². The third kappa shape index (κ3) is 2.83. The average Bonchev–Trinajstić information content (AvgIpc) is 2.89. The zero-order chi connectivity index (χ0) is 15.7. The van der Waals surface area contributed by atoms with E-state index in [1.807, 2.05) is 19.9 Å². The molecule has 21 heavy (non-hydrogen) atoms. The van der Waals surface area contributed by atoms with Crippen molar-refractivity contribution in [3.8, 4) is 10.4 Å². The zero-order valence-corrected chi connectivity index (χ0v) is 13.9. The van der Waals surface area contributed by atoms with Crippen LogP contribution in [0.15, 0.2) is 10.5 Å². The molecule has 0 aliphatic carbocycles. The molecule has 2 aromatic rings. The lowest BCUT2D eigenvalue weighted by atomic mass is 9.98. The molecule has 0 amide bonds. The Kier molecular flexibility index (Phi) is 4.42. The molecule has 0 saturated carbocycles. The predicted molar refractivity (Wildman–Crippen MR) is 86.0 cm³/mol. The lowest BCUT2D eigenvalue weighted by molar-refractivity contribution is 0.0533. The van der Waals surface area contributed by atoms with E-state index in [-0.39, 0.29) is 11.9 Å². The topological polar surface area (TPSA) is 65.5 Å². The van der Waals surface area contributed by atoms with Crippen LogP contribution in [0.2, 0.25) is 0 Å². The summed E-state index contributed by atoms with van der Waals surface area (Å²) in [5, 5.41) is 0. The van der Waals surface area contributed by atoms with Gasteiger partial charge in [0.05, 0.1) is 12.3 Å². The molecule has 0 radical (unpaired) electrons. The molecule has 0 aliphatic heterocycles. The summed E-state index contributed by atoms with van der Waals surface area (Å²) in [6, 6.07) is 1.99. The Balaban J connectivity index is 2.63. The monoisotopic (exact) mass is 307 g/mol. The lowest BCUT2D eigenvalue weighted by Crippen LogP contribution is -2.06. The number of carbonyl (C=O) groups excluding carboxylic acids is 1. The van der Waals surface area contributed by atoms with Crippen LogP contribution in [0.25, 0.3) is 10.4 Å². The summed E-state index contributed by atoms with van der Waals surface area (Å²) >= 11 is 1.38. The van der Waals surface area contributed by atoms with Crippen molar-refractivity contribution in [3.63, 3.8) is 0 Å². The van der Waals surface area contributed by atoms with Gasteiger partial charge < -0.3 is 14.9 Å². The lowest BCUT2D eigenvalue weighted by Gasteiger charge is -2.08. The van der Waals surface area contributed by atoms with Crippen LogP contribution in [-0.2, 0) is 4.74 Å². The Morgan fingerprint density at radius 1 is 1.43 bits per heavy atom. The number of ether oxygens (including phenoxy) is 1. The van der Waals surface area contributed by atoms with Crippen LogP contribution in [0.5, 0.6) is 0 Å². The maximum atomic E-state index is 12.1. The summed E-state index contributed by atoms with van der Waals surface area (Å²) in [5.74, 6) is 1.55. The van der Waals surface area contributed by atoms with Gasteiger partial charge in [0, 0.05) is 10.4 Å². The third-order valence-electron chi connectivity index (χ3n) is 3.31. The van der Waals surface area contributed by atoms with Gasteiger partial charge in [0.1, 0.15) is 16.4 Å². The number of rotatable bonds is 4. The van der Waals surface area contributed by atoms with Gasteiger partial charge in [0.2, 0.25) is 0 Å². The van der Waals surface area contributed by atoms with Gasteiger partial charge in [-0.3, -0.25) is 0 Å². The fourth-order valence-corrected chi connectivity index (χ4v) is 3.77. The highest BCUT2D eigenvalue weighted by Gasteiger charge is 2.26. The van der Waals surface area contributed by atoms with Crippen molar-refractivity contribution < 1.29 is 13.9 Å². The fraction of sp³-hybridized carbons (Fsp3) is 0.438. The number of nitrogens with two attached hydrogens (primary N) is 1. The van der Waals surface area contributed by atoms with E-state index in [1.165, 1.54) is 11.3 Å². The normalized spacial score (nSPS) is 11.1. The Morgan fingerprint density at radius 3 is 2.57 bits per heavy atom. The number of thiophene rings is 1. The van der Waals surface area contributed by atoms with Crippen molar-refractivity contribution in [1.29, 1.82) is 0 Å². The SMILES string of the molecule is CCOC(=O)c1sc(-c2cc(C)oc2C)c(C(C)C)c1N. The number of hydrogen-bond acceptors (Lipinski definition) is 5. The molecule has 0 fully saturated rings. The maximum Gasteiger partial charge on any atom is 0.350 e. The molecule has 114 valence electrons. The number of carbonyl (C=O) groups is 1. The Hall–Kier alpha value is -1.75. The summed E-state index contributed by atoms with van der Waals surface area (Å²) < 4.78 is 10.7. The van der Waals surface area contributed by atoms with Gasteiger partial charge in [0.25, 0.3) is 0 Å². The Morgan fingerprint density at radius 2 is 2.10 bits per heavy atom. The van der Waals surface area contributed by atoms with Crippen LogP contribution in [0.1, 0.15) is 53.4 Å². The van der Waals surface area contributed by atoms with Crippen molar-refractivity contribution in [3.05, 3.63) is 28.0 Å². The first-order chi connectivity index (χ1) is 9.86. The summed E-state index contributed by atoms with van der Waals surface area (Å²) in [4.78, 5) is 13.5. The minimum Gasteiger partial charge on any atom is -0.466 e. The van der Waals surface area contributed by atoms with Gasteiger partial charge in [-0.1, -0.05) is 13.8 Å². The van der Waals surface area contributed by atoms with Crippen molar-refractivity contribution in [2.45, 2.75) is 40.5 Å². The van der Waals surface area contributed by atoms with E-state index in [0.29, 0.717) is 17.2 Å². The van der Waals surface area contributed by atoms with Gasteiger partial charge in [-0.25, -0.2) is 4.79 Å². The number of anilines is 1. The maximum absolute atomic E-state index is 12.1. The predicted octanol–water partition coefficient (Wildman–Crippen LogP) is 4.51. The first kappa shape index (κ1) is 15.6. The molecule has 2 rings (SSSR count). The zero-order valence-electron chi connectivity index (χ0n) is 13.1. The minimum absolute atomic E-state index is 0.217. The van der Waals surface area contributed by atoms with E-state index in [0.717, 1.165) is 27.5 Å². The first-order valence-corrected chi connectivity index (χ1v) is 7.85. The van der Waals surface area contributed by atoms with Crippen molar-refractivity contribution in [2.75, 3.05) is 12.3 Å². The van der Waals surface area contributed by atoms with Crippen LogP contribution in [0.3, 0.4) is 0 Å². The summed E-state index contributed by atoms with van der Waals surface area (Å²) in [6.45, 7) is 10.1. The summed E-state index contributed by atoms with van der Waals surface area (Å²) in [7, 11) is 0. The van der Waals surface area contributed by atoms with Gasteiger partial charge in [-0.05, 0) is 38.3 Å². The molecule has 2 N–H and O–H groups in total. The van der Waals surface area contributed by atoms with Gasteiger partial charge in [0.15, 0.2) is 0 Å². The molecule has 0 saturated heterocycles. The summed E-state index contributed by atoms with van der Waals surface area (Å²) in [5.41, 5.74) is 8.73. The van der Waals surface area contributed by atoms with Crippen LogP contribution in [0, 0.1) is 13.8 Å². The Bertz CT molecular complexity index is 667. The Labute approximate surface area is 128 Å². The highest BCUT2D eigenvalue weighted by Crippen LogP contribution is 2.44. The number of nitrogen functional groups attached to an aromatic ring is 1.